The van der Waals surface area contributed by atoms with Crippen LogP contribution < -0.4 is 0 Å². The average molecular weight is 277 g/mol. The summed E-state index contributed by atoms with van der Waals surface area (Å²) < 4.78 is 2.02. The molecule has 0 bridgehead atoms. The Morgan fingerprint density at radius 3 is 2.72 bits per heavy atom. The van der Waals surface area contributed by atoms with Gasteiger partial charge in [0, 0.05) is 18.0 Å². The number of fused-ring (bicyclic) bond motifs is 1. The molecule has 1 aromatic heterocycles. The molecule has 0 fully saturated rings. The Balaban J connectivity index is 2.52. The van der Waals surface area contributed by atoms with E-state index in [9.17, 15) is 0 Å². The molecule has 1 unspecified atom stereocenters. The Morgan fingerprint density at radius 1 is 1.44 bits per heavy atom. The van der Waals surface area contributed by atoms with Crippen LogP contribution in [0.1, 0.15) is 12.1 Å². The summed E-state index contributed by atoms with van der Waals surface area (Å²) in [6.45, 7) is 6.93. The molecule has 0 aliphatic rings. The van der Waals surface area contributed by atoms with Gasteiger partial charge in [0.1, 0.15) is 0 Å². The molecule has 2 nitrogen and oxygen atoms in total. The van der Waals surface area contributed by atoms with Gasteiger partial charge in [-0.15, -0.1) is 12.3 Å². The second-order valence-corrected chi connectivity index (χ2v) is 11.4. The Hall–Kier alpha value is -1.24. The molecule has 4 heteroatoms. The molecule has 1 heterocycles. The van der Waals surface area contributed by atoms with Gasteiger partial charge in [0.25, 0.3) is 0 Å². The zero-order valence-electron chi connectivity index (χ0n) is 10.9. The van der Waals surface area contributed by atoms with Crippen molar-refractivity contribution in [1.82, 2.24) is 9.78 Å². The number of nitrogens with zero attached hydrogens (tertiary/aromatic N) is 2. The number of halogens is 1. The summed E-state index contributed by atoms with van der Waals surface area (Å²) in [5.74, 6) is 2.77. The van der Waals surface area contributed by atoms with Gasteiger partial charge in [-0.05, 0) is 12.1 Å². The minimum Gasteiger partial charge on any atom is -0.271 e. The van der Waals surface area contributed by atoms with Gasteiger partial charge >= 0.3 is 0 Å². The molecule has 2 rings (SSSR count). The highest BCUT2D eigenvalue weighted by molar-refractivity contribution is 6.76. The van der Waals surface area contributed by atoms with Crippen molar-refractivity contribution in [2.45, 2.75) is 31.7 Å². The van der Waals surface area contributed by atoms with Gasteiger partial charge in [-0.1, -0.05) is 37.3 Å². The summed E-state index contributed by atoms with van der Waals surface area (Å²) in [5, 5.41) is 6.37. The van der Waals surface area contributed by atoms with Crippen LogP contribution in [0.3, 0.4) is 0 Å². The molecule has 0 amide bonds. The van der Waals surface area contributed by atoms with Crippen LogP contribution in [0, 0.1) is 12.3 Å². The highest BCUT2D eigenvalue weighted by Crippen LogP contribution is 2.28. The van der Waals surface area contributed by atoms with Crippen LogP contribution in [0.4, 0.5) is 0 Å². The van der Waals surface area contributed by atoms with E-state index in [1.165, 1.54) is 0 Å². The van der Waals surface area contributed by atoms with Gasteiger partial charge in [0.05, 0.1) is 24.3 Å². The lowest BCUT2D eigenvalue weighted by Crippen LogP contribution is -2.35. The lowest BCUT2D eigenvalue weighted by Gasteiger charge is -2.27. The van der Waals surface area contributed by atoms with Crippen molar-refractivity contribution < 1.29 is 0 Å². The molecule has 94 valence electrons. The van der Waals surface area contributed by atoms with E-state index in [4.69, 9.17) is 18.0 Å². The molecule has 18 heavy (non-hydrogen) atoms. The Morgan fingerprint density at radius 2 is 2.17 bits per heavy atom. The Kier molecular flexibility index (Phi) is 3.51. The van der Waals surface area contributed by atoms with Crippen molar-refractivity contribution in [2.24, 2.45) is 0 Å². The topological polar surface area (TPSA) is 17.8 Å². The smallest absolute Gasteiger partial charge is 0.0938 e. The first-order valence-electron chi connectivity index (χ1n) is 6.00. The van der Waals surface area contributed by atoms with E-state index in [2.05, 4.69) is 30.7 Å². The molecular formula is C14H17ClN2Si. The van der Waals surface area contributed by atoms with Gasteiger partial charge < -0.3 is 0 Å². The number of rotatable bonds is 3. The Bertz CT molecular complexity index is 604. The summed E-state index contributed by atoms with van der Waals surface area (Å²) in [4.78, 5) is 0. The largest absolute Gasteiger partial charge is 0.271 e. The molecule has 0 radical (unpaired) electrons. The minimum absolute atomic E-state index is 0.311. The van der Waals surface area contributed by atoms with Crippen molar-refractivity contribution in [1.29, 1.82) is 0 Å². The predicted molar refractivity (Wildman–Crippen MR) is 80.6 cm³/mol. The molecule has 1 atom stereocenters. The van der Waals surface area contributed by atoms with Crippen LogP contribution in [0.25, 0.3) is 10.9 Å². The van der Waals surface area contributed by atoms with Crippen LogP contribution in [-0.2, 0) is 0 Å². The van der Waals surface area contributed by atoms with E-state index in [0.717, 1.165) is 22.3 Å². The van der Waals surface area contributed by atoms with E-state index in [1.807, 2.05) is 29.1 Å². The molecule has 0 aliphatic carbocycles. The molecule has 2 aromatic rings. The van der Waals surface area contributed by atoms with E-state index in [-0.39, 0.29) is 0 Å². The molecule has 0 aliphatic heterocycles. The second-order valence-electron chi connectivity index (χ2n) is 5.57. The van der Waals surface area contributed by atoms with Crippen LogP contribution in [0.5, 0.6) is 0 Å². The zero-order valence-corrected chi connectivity index (χ0v) is 12.7. The summed E-state index contributed by atoms with van der Waals surface area (Å²) in [5.41, 5.74) is 1.24. The fourth-order valence-electron chi connectivity index (χ4n) is 2.09. The third-order valence-electron chi connectivity index (χ3n) is 3.14. The maximum absolute atomic E-state index is 6.18. The number of terminal acetylenes is 1. The maximum Gasteiger partial charge on any atom is 0.0938 e. The minimum atomic E-state index is -1.41. The fourth-order valence-corrected chi connectivity index (χ4v) is 3.97. The monoisotopic (exact) mass is 276 g/mol. The lowest BCUT2D eigenvalue weighted by molar-refractivity contribution is 0.586. The van der Waals surface area contributed by atoms with E-state index in [1.54, 1.807) is 0 Å². The SMILES string of the molecule is C#CCC(n1cc2c(Cl)cccc2n1)[Si](C)(C)C. The van der Waals surface area contributed by atoms with Crippen molar-refractivity contribution in [3.8, 4) is 12.3 Å². The third kappa shape index (κ3) is 2.45. The number of hydrogen-bond donors (Lipinski definition) is 0. The van der Waals surface area contributed by atoms with Gasteiger partial charge in [-0.3, -0.25) is 4.68 Å². The highest BCUT2D eigenvalue weighted by atomic mass is 35.5. The molecule has 0 N–H and O–H groups in total. The normalized spacial score (nSPS) is 13.5. The second kappa shape index (κ2) is 4.79. The van der Waals surface area contributed by atoms with Crippen molar-refractivity contribution >= 4 is 30.6 Å². The average Bonchev–Trinajstić information content (AvgIpc) is 2.69. The van der Waals surface area contributed by atoms with E-state index in [0.29, 0.717) is 5.67 Å². The standard InChI is InChI=1S/C14H17ClN2Si/c1-5-7-14(18(2,3)4)17-10-11-12(15)8-6-9-13(11)16-17/h1,6,8-10,14H,7H2,2-4H3. The quantitative estimate of drug-likeness (QED) is 0.609. The first-order valence-corrected chi connectivity index (χ1v) is 9.96. The van der Waals surface area contributed by atoms with Gasteiger partial charge in [0.2, 0.25) is 0 Å². The van der Waals surface area contributed by atoms with Crippen LogP contribution in [-0.4, -0.2) is 17.9 Å². The zero-order chi connectivity index (χ0) is 13.3. The predicted octanol–water partition coefficient (Wildman–Crippen LogP) is 4.13. The Labute approximate surface area is 114 Å². The summed E-state index contributed by atoms with van der Waals surface area (Å²) in [7, 11) is -1.41. The number of aromatic nitrogens is 2. The molecular weight excluding hydrogens is 260 g/mol. The fraction of sp³-hybridized carbons (Fsp3) is 0.357. The van der Waals surface area contributed by atoms with Crippen molar-refractivity contribution in [3.63, 3.8) is 0 Å². The highest BCUT2D eigenvalue weighted by Gasteiger charge is 2.28. The summed E-state index contributed by atoms with van der Waals surface area (Å²) in [6.07, 6.45) is 8.24. The lowest BCUT2D eigenvalue weighted by atomic mass is 10.3. The van der Waals surface area contributed by atoms with Crippen LogP contribution in [0.15, 0.2) is 24.4 Å². The van der Waals surface area contributed by atoms with Crippen molar-refractivity contribution in [3.05, 3.63) is 29.4 Å². The third-order valence-corrected chi connectivity index (χ3v) is 5.94. The number of hydrogen-bond acceptors (Lipinski definition) is 1. The first-order chi connectivity index (χ1) is 8.43. The molecule has 0 saturated heterocycles. The summed E-state index contributed by atoms with van der Waals surface area (Å²) >= 11 is 6.18. The van der Waals surface area contributed by atoms with Crippen LogP contribution in [0.2, 0.25) is 24.7 Å². The summed E-state index contributed by atoms with van der Waals surface area (Å²) in [6, 6.07) is 5.79. The van der Waals surface area contributed by atoms with E-state index >= 15 is 0 Å². The molecule has 0 spiro atoms. The molecule has 0 saturated carbocycles. The molecule has 1 aromatic carbocycles. The number of benzene rings is 1. The van der Waals surface area contributed by atoms with Crippen LogP contribution >= 0.6 is 11.6 Å². The van der Waals surface area contributed by atoms with E-state index < -0.39 is 8.07 Å². The first kappa shape index (κ1) is 13.2. The van der Waals surface area contributed by atoms with Gasteiger partial charge in [-0.25, -0.2) is 0 Å². The van der Waals surface area contributed by atoms with Gasteiger partial charge in [-0.2, -0.15) is 5.10 Å². The van der Waals surface area contributed by atoms with Crippen molar-refractivity contribution in [2.75, 3.05) is 0 Å². The van der Waals surface area contributed by atoms with Gasteiger partial charge in [0.15, 0.2) is 0 Å². The maximum atomic E-state index is 6.18.